The van der Waals surface area contributed by atoms with E-state index in [1.165, 1.54) is 11.8 Å². The van der Waals surface area contributed by atoms with E-state index in [1.54, 1.807) is 6.26 Å². The molecule has 0 fully saturated rings. The lowest BCUT2D eigenvalue weighted by Gasteiger charge is -2.25. The largest absolute Gasteiger partial charge is 0.461 e. The number of hydrogen-bond acceptors (Lipinski definition) is 5. The van der Waals surface area contributed by atoms with Gasteiger partial charge < -0.3 is 9.32 Å². The molecule has 0 aliphatic heterocycles. The minimum absolute atomic E-state index is 0.0587. The lowest BCUT2D eigenvalue weighted by atomic mass is 10.1. The lowest BCUT2D eigenvalue weighted by molar-refractivity contribution is -0.130. The van der Waals surface area contributed by atoms with Gasteiger partial charge in [0.1, 0.15) is 5.25 Å². The molecular weight excluding hydrogens is 408 g/mol. The predicted octanol–water partition coefficient (Wildman–Crippen LogP) is 5.23. The number of benzene rings is 2. The fraction of sp³-hybridized carbons (Fsp3) is 0.208. The van der Waals surface area contributed by atoms with Gasteiger partial charge in [0.15, 0.2) is 10.9 Å². The van der Waals surface area contributed by atoms with Crippen molar-refractivity contribution in [3.63, 3.8) is 0 Å². The van der Waals surface area contributed by atoms with Crippen LogP contribution in [-0.4, -0.2) is 38.7 Å². The summed E-state index contributed by atoms with van der Waals surface area (Å²) >= 11 is 1.41. The molecule has 4 rings (SSSR count). The number of rotatable bonds is 8. The second-order valence-corrected chi connectivity index (χ2v) is 7.95. The number of carbonyl (C=O) groups is 1. The first-order valence-electron chi connectivity index (χ1n) is 10.3. The molecule has 2 aromatic carbocycles. The molecular formula is C24H24N4O2S. The normalized spacial score (nSPS) is 11.9. The summed E-state index contributed by atoms with van der Waals surface area (Å²) in [6, 6.07) is 23.4. The molecule has 4 aromatic rings. The number of hydrogen-bond donors (Lipinski definition) is 0. The van der Waals surface area contributed by atoms with Gasteiger partial charge in [-0.1, -0.05) is 60.3 Å². The monoisotopic (exact) mass is 432 g/mol. The van der Waals surface area contributed by atoms with Gasteiger partial charge in [-0.3, -0.25) is 9.36 Å². The topological polar surface area (TPSA) is 64.2 Å². The molecule has 2 aromatic heterocycles. The Bertz CT molecular complexity index is 1110. The van der Waals surface area contributed by atoms with E-state index in [1.807, 2.05) is 96.1 Å². The van der Waals surface area contributed by atoms with Crippen LogP contribution in [0.1, 0.15) is 24.7 Å². The van der Waals surface area contributed by atoms with Gasteiger partial charge in [0, 0.05) is 18.8 Å². The fourth-order valence-corrected chi connectivity index (χ4v) is 4.56. The molecule has 158 valence electrons. The van der Waals surface area contributed by atoms with E-state index in [2.05, 4.69) is 10.2 Å². The standard InChI is InChI=1S/C24H24N4O2S/c1-3-27(4-2)23(29)21(18-12-7-5-8-13-18)31-24-26-25-22(20-16-11-17-30-20)28(24)19-14-9-6-10-15-19/h5-17,21H,3-4H2,1-2H3/t21-/m0/s1. The zero-order chi connectivity index (χ0) is 21.6. The third-order valence-corrected chi connectivity index (χ3v) is 6.20. The molecule has 1 atom stereocenters. The van der Waals surface area contributed by atoms with Gasteiger partial charge in [-0.25, -0.2) is 0 Å². The summed E-state index contributed by atoms with van der Waals surface area (Å²) in [5.41, 5.74) is 1.84. The highest BCUT2D eigenvalue weighted by atomic mass is 32.2. The number of aromatic nitrogens is 3. The van der Waals surface area contributed by atoms with Crippen molar-refractivity contribution in [1.29, 1.82) is 0 Å². The molecule has 0 unspecified atom stereocenters. The maximum absolute atomic E-state index is 13.4. The van der Waals surface area contributed by atoms with E-state index in [9.17, 15) is 4.79 Å². The van der Waals surface area contributed by atoms with Crippen molar-refractivity contribution in [2.24, 2.45) is 0 Å². The van der Waals surface area contributed by atoms with Crippen LogP contribution in [0.25, 0.3) is 17.3 Å². The number of amides is 1. The number of thioether (sulfide) groups is 1. The quantitative estimate of drug-likeness (QED) is 0.357. The molecule has 1 amide bonds. The van der Waals surface area contributed by atoms with Crippen molar-refractivity contribution >= 4 is 17.7 Å². The average Bonchev–Trinajstić information content (AvgIpc) is 3.49. The Kier molecular flexibility index (Phi) is 6.52. The van der Waals surface area contributed by atoms with Crippen molar-refractivity contribution in [2.45, 2.75) is 24.3 Å². The Labute approximate surface area is 185 Å². The van der Waals surface area contributed by atoms with Crippen LogP contribution in [0.5, 0.6) is 0 Å². The molecule has 7 heteroatoms. The van der Waals surface area contributed by atoms with E-state index in [4.69, 9.17) is 4.42 Å². The summed E-state index contributed by atoms with van der Waals surface area (Å²) in [7, 11) is 0. The molecule has 0 aliphatic rings. The fourth-order valence-electron chi connectivity index (χ4n) is 3.42. The SMILES string of the molecule is CCN(CC)C(=O)[C@@H](Sc1nnc(-c2ccco2)n1-c1ccccc1)c1ccccc1. The molecule has 0 radical (unpaired) electrons. The molecule has 0 saturated carbocycles. The molecule has 2 heterocycles. The molecule has 0 N–H and O–H groups in total. The van der Waals surface area contributed by atoms with E-state index >= 15 is 0 Å². The van der Waals surface area contributed by atoms with Gasteiger partial charge >= 0.3 is 0 Å². The van der Waals surface area contributed by atoms with Crippen molar-refractivity contribution in [3.05, 3.63) is 84.6 Å². The van der Waals surface area contributed by atoms with E-state index in [-0.39, 0.29) is 5.91 Å². The maximum atomic E-state index is 13.4. The molecule has 31 heavy (non-hydrogen) atoms. The van der Waals surface area contributed by atoms with E-state index < -0.39 is 5.25 Å². The summed E-state index contributed by atoms with van der Waals surface area (Å²) in [5, 5.41) is 9.05. The Morgan fingerprint density at radius 1 is 0.968 bits per heavy atom. The Hall–Kier alpha value is -3.32. The molecule has 0 bridgehead atoms. The van der Waals surface area contributed by atoms with Crippen LogP contribution in [-0.2, 0) is 4.79 Å². The Balaban J connectivity index is 1.79. The molecule has 0 aliphatic carbocycles. The van der Waals surface area contributed by atoms with Crippen LogP contribution in [0.2, 0.25) is 0 Å². The molecule has 0 spiro atoms. The Morgan fingerprint density at radius 3 is 2.26 bits per heavy atom. The average molecular weight is 433 g/mol. The smallest absolute Gasteiger partial charge is 0.240 e. The number of likely N-dealkylation sites (N-methyl/N-ethyl adjacent to an activating group) is 1. The summed E-state index contributed by atoms with van der Waals surface area (Å²) < 4.78 is 7.54. The second-order valence-electron chi connectivity index (χ2n) is 6.87. The third kappa shape index (κ3) is 4.41. The van der Waals surface area contributed by atoms with E-state index in [0.29, 0.717) is 29.8 Å². The van der Waals surface area contributed by atoms with Gasteiger partial charge in [0.2, 0.25) is 11.7 Å². The second kappa shape index (κ2) is 9.66. The number of carbonyl (C=O) groups excluding carboxylic acids is 1. The van der Waals surface area contributed by atoms with Crippen molar-refractivity contribution in [3.8, 4) is 17.3 Å². The summed E-state index contributed by atoms with van der Waals surface area (Å²) in [4.78, 5) is 15.3. The van der Waals surface area contributed by atoms with E-state index in [0.717, 1.165) is 11.3 Å². The first kappa shape index (κ1) is 20.9. The van der Waals surface area contributed by atoms with Gasteiger partial charge in [0.05, 0.1) is 6.26 Å². The van der Waals surface area contributed by atoms with Crippen LogP contribution >= 0.6 is 11.8 Å². The zero-order valence-electron chi connectivity index (χ0n) is 17.5. The van der Waals surface area contributed by atoms with Crippen LogP contribution in [0.3, 0.4) is 0 Å². The predicted molar refractivity (Wildman–Crippen MR) is 122 cm³/mol. The summed E-state index contributed by atoms with van der Waals surface area (Å²) in [6.07, 6.45) is 1.61. The molecule has 0 saturated heterocycles. The number of nitrogens with zero attached hydrogens (tertiary/aromatic N) is 4. The third-order valence-electron chi connectivity index (χ3n) is 5.01. The summed E-state index contributed by atoms with van der Waals surface area (Å²) in [6.45, 7) is 5.30. The number of para-hydroxylation sites is 1. The highest BCUT2D eigenvalue weighted by Crippen LogP contribution is 2.38. The van der Waals surface area contributed by atoms with Gasteiger partial charge in [0.25, 0.3) is 0 Å². The van der Waals surface area contributed by atoms with Crippen LogP contribution < -0.4 is 0 Å². The first-order chi connectivity index (χ1) is 15.2. The highest BCUT2D eigenvalue weighted by Gasteiger charge is 2.29. The highest BCUT2D eigenvalue weighted by molar-refractivity contribution is 8.00. The van der Waals surface area contributed by atoms with Crippen molar-refractivity contribution in [2.75, 3.05) is 13.1 Å². The minimum Gasteiger partial charge on any atom is -0.461 e. The molecule has 6 nitrogen and oxygen atoms in total. The van der Waals surface area contributed by atoms with Crippen LogP contribution in [0.15, 0.2) is 88.6 Å². The van der Waals surface area contributed by atoms with Crippen molar-refractivity contribution in [1.82, 2.24) is 19.7 Å². The van der Waals surface area contributed by atoms with Crippen LogP contribution in [0, 0.1) is 0 Å². The van der Waals surface area contributed by atoms with Gasteiger partial charge in [-0.05, 0) is 43.7 Å². The maximum Gasteiger partial charge on any atom is 0.240 e. The van der Waals surface area contributed by atoms with Gasteiger partial charge in [-0.2, -0.15) is 0 Å². The lowest BCUT2D eigenvalue weighted by Crippen LogP contribution is -2.34. The number of furan rings is 1. The van der Waals surface area contributed by atoms with Crippen LogP contribution in [0.4, 0.5) is 0 Å². The van der Waals surface area contributed by atoms with Crippen molar-refractivity contribution < 1.29 is 9.21 Å². The van der Waals surface area contributed by atoms with Gasteiger partial charge in [-0.15, -0.1) is 10.2 Å². The Morgan fingerprint density at radius 2 is 1.65 bits per heavy atom. The summed E-state index contributed by atoms with van der Waals surface area (Å²) in [5.74, 6) is 1.28. The zero-order valence-corrected chi connectivity index (χ0v) is 18.3. The minimum atomic E-state index is -0.433. The first-order valence-corrected chi connectivity index (χ1v) is 11.2.